The monoisotopic (exact) mass is 243 g/mol. The molecular weight excluding hydrogens is 222 g/mol. The van der Waals surface area contributed by atoms with Crippen molar-refractivity contribution in [3.05, 3.63) is 42.1 Å². The van der Waals surface area contributed by atoms with E-state index in [1.54, 1.807) is 0 Å². The van der Waals surface area contributed by atoms with E-state index in [4.69, 9.17) is 0 Å². The van der Waals surface area contributed by atoms with E-state index >= 15 is 0 Å². The lowest BCUT2D eigenvalue weighted by Crippen LogP contribution is -2.23. The predicted molar refractivity (Wildman–Crippen MR) is 77.5 cm³/mol. The molecule has 96 valence electrons. The number of aliphatic hydroxyl groups is 1. The summed E-state index contributed by atoms with van der Waals surface area (Å²) in [6.07, 6.45) is 5.42. The van der Waals surface area contributed by atoms with Gasteiger partial charge in [-0.05, 0) is 42.9 Å². The fraction of sp³-hybridized carbons (Fsp3) is 0.375. The van der Waals surface area contributed by atoms with Gasteiger partial charge in [-0.2, -0.15) is 0 Å². The van der Waals surface area contributed by atoms with Crippen molar-refractivity contribution in [3.63, 3.8) is 0 Å². The van der Waals surface area contributed by atoms with E-state index in [1.807, 2.05) is 26.1 Å². The summed E-state index contributed by atoms with van der Waals surface area (Å²) in [6, 6.07) is 8.31. The highest BCUT2D eigenvalue weighted by molar-refractivity contribution is 5.91. The van der Waals surface area contributed by atoms with E-state index in [0.29, 0.717) is 0 Å². The summed E-state index contributed by atoms with van der Waals surface area (Å²) < 4.78 is 0. The van der Waals surface area contributed by atoms with Crippen LogP contribution < -0.4 is 0 Å². The number of benzene rings is 1. The zero-order valence-corrected chi connectivity index (χ0v) is 11.3. The Morgan fingerprint density at radius 3 is 2.67 bits per heavy atom. The fourth-order valence-corrected chi connectivity index (χ4v) is 2.35. The minimum Gasteiger partial charge on any atom is -0.386 e. The van der Waals surface area contributed by atoms with Gasteiger partial charge in [0.25, 0.3) is 0 Å². The van der Waals surface area contributed by atoms with Crippen LogP contribution in [0.3, 0.4) is 0 Å². The molecule has 2 nitrogen and oxygen atoms in total. The van der Waals surface area contributed by atoms with Gasteiger partial charge in [0.2, 0.25) is 0 Å². The quantitative estimate of drug-likeness (QED) is 0.832. The molecule has 2 heteroatoms. The van der Waals surface area contributed by atoms with Crippen LogP contribution in [0, 0.1) is 0 Å². The molecule has 2 N–H and O–H groups in total. The lowest BCUT2D eigenvalue weighted by atomic mass is 9.92. The fourth-order valence-electron chi connectivity index (χ4n) is 2.35. The molecule has 0 aliphatic carbocycles. The molecular formula is C16H21NO. The molecule has 0 saturated heterocycles. The van der Waals surface area contributed by atoms with E-state index in [9.17, 15) is 5.11 Å². The van der Waals surface area contributed by atoms with Crippen molar-refractivity contribution in [2.24, 2.45) is 0 Å². The zero-order chi connectivity index (χ0) is 13.2. The van der Waals surface area contributed by atoms with Crippen molar-refractivity contribution in [3.8, 4) is 0 Å². The molecule has 0 aliphatic heterocycles. The average Bonchev–Trinajstić information content (AvgIpc) is 2.86. The van der Waals surface area contributed by atoms with E-state index in [1.165, 1.54) is 5.39 Å². The van der Waals surface area contributed by atoms with Crippen molar-refractivity contribution in [2.45, 2.75) is 39.2 Å². The Hall–Kier alpha value is -1.54. The van der Waals surface area contributed by atoms with E-state index in [2.05, 4.69) is 36.2 Å². The highest BCUT2D eigenvalue weighted by atomic mass is 16.3. The van der Waals surface area contributed by atoms with Crippen LogP contribution in [-0.4, -0.2) is 15.7 Å². The van der Waals surface area contributed by atoms with E-state index < -0.39 is 5.60 Å². The second kappa shape index (κ2) is 4.99. The van der Waals surface area contributed by atoms with Crippen LogP contribution in [0.15, 0.2) is 36.5 Å². The smallest absolute Gasteiger partial charge is 0.0828 e. The van der Waals surface area contributed by atoms with E-state index in [-0.39, 0.29) is 0 Å². The van der Waals surface area contributed by atoms with Crippen molar-refractivity contribution >= 4 is 16.5 Å². The number of aromatic nitrogens is 1. The normalized spacial score (nSPS) is 13.2. The molecule has 2 rings (SSSR count). The molecule has 0 saturated carbocycles. The van der Waals surface area contributed by atoms with Crippen LogP contribution in [-0.2, 0) is 0 Å². The van der Waals surface area contributed by atoms with Crippen molar-refractivity contribution < 1.29 is 5.11 Å². The van der Waals surface area contributed by atoms with Crippen LogP contribution in [0.1, 0.15) is 39.2 Å². The molecule has 1 heterocycles. The van der Waals surface area contributed by atoms with Crippen LogP contribution in [0.25, 0.3) is 16.5 Å². The maximum Gasteiger partial charge on any atom is 0.0828 e. The van der Waals surface area contributed by atoms with Gasteiger partial charge in [0.05, 0.1) is 11.1 Å². The Morgan fingerprint density at radius 2 is 2.00 bits per heavy atom. The molecule has 0 fully saturated rings. The van der Waals surface area contributed by atoms with Crippen molar-refractivity contribution in [1.29, 1.82) is 0 Å². The van der Waals surface area contributed by atoms with Gasteiger partial charge in [-0.25, -0.2) is 0 Å². The summed E-state index contributed by atoms with van der Waals surface area (Å²) in [6.45, 7) is 6.09. The second-order valence-corrected chi connectivity index (χ2v) is 4.89. The first-order chi connectivity index (χ1) is 8.59. The maximum atomic E-state index is 10.4. The van der Waals surface area contributed by atoms with Gasteiger partial charge >= 0.3 is 0 Å². The van der Waals surface area contributed by atoms with Gasteiger partial charge in [-0.3, -0.25) is 0 Å². The number of H-pyrrole nitrogens is 1. The maximum absolute atomic E-state index is 10.4. The number of hydrogen-bond acceptors (Lipinski definition) is 1. The van der Waals surface area contributed by atoms with Crippen LogP contribution >= 0.6 is 0 Å². The van der Waals surface area contributed by atoms with Gasteiger partial charge in [-0.15, -0.1) is 0 Å². The first-order valence-corrected chi connectivity index (χ1v) is 6.58. The topological polar surface area (TPSA) is 36.0 Å². The summed E-state index contributed by atoms with van der Waals surface area (Å²) in [5, 5.41) is 11.6. The third kappa shape index (κ3) is 2.34. The van der Waals surface area contributed by atoms with Gasteiger partial charge in [0, 0.05) is 11.8 Å². The van der Waals surface area contributed by atoms with Gasteiger partial charge < -0.3 is 10.1 Å². The largest absolute Gasteiger partial charge is 0.386 e. The third-order valence-corrected chi connectivity index (χ3v) is 3.72. The lowest BCUT2D eigenvalue weighted by Gasteiger charge is -2.22. The lowest BCUT2D eigenvalue weighted by molar-refractivity contribution is 0.0833. The minimum absolute atomic E-state index is 0.696. The van der Waals surface area contributed by atoms with Gasteiger partial charge in [-0.1, -0.05) is 32.0 Å². The zero-order valence-electron chi connectivity index (χ0n) is 11.3. The number of allylic oxidation sites excluding steroid dienone is 1. The first kappa shape index (κ1) is 12.9. The van der Waals surface area contributed by atoms with Crippen LogP contribution in [0.5, 0.6) is 0 Å². The Morgan fingerprint density at radius 1 is 1.28 bits per heavy atom. The standard InChI is InChI=1S/C16H21NO/c1-4-16(18,5-2)11-12(3)14-8-6-7-13-9-10-17-15(13)14/h6-11,17-18H,4-5H2,1-3H3/b12-11+. The minimum atomic E-state index is -0.696. The molecule has 2 aromatic rings. The Labute approximate surface area is 108 Å². The highest BCUT2D eigenvalue weighted by Gasteiger charge is 2.19. The summed E-state index contributed by atoms with van der Waals surface area (Å²) in [7, 11) is 0. The molecule has 0 bridgehead atoms. The second-order valence-electron chi connectivity index (χ2n) is 4.89. The molecule has 0 aliphatic rings. The molecule has 0 amide bonds. The first-order valence-electron chi connectivity index (χ1n) is 6.58. The van der Waals surface area contributed by atoms with Crippen molar-refractivity contribution in [2.75, 3.05) is 0 Å². The van der Waals surface area contributed by atoms with Crippen LogP contribution in [0.2, 0.25) is 0 Å². The summed E-state index contributed by atoms with van der Waals surface area (Å²) >= 11 is 0. The Kier molecular flexibility index (Phi) is 3.58. The molecule has 18 heavy (non-hydrogen) atoms. The van der Waals surface area contributed by atoms with Gasteiger partial charge in [0.15, 0.2) is 0 Å². The van der Waals surface area contributed by atoms with Crippen molar-refractivity contribution in [1.82, 2.24) is 4.98 Å². The SMILES string of the molecule is CCC(O)(/C=C(\C)c1cccc2cc[nH]c12)CC. The highest BCUT2D eigenvalue weighted by Crippen LogP contribution is 2.27. The predicted octanol–water partition coefficient (Wildman–Crippen LogP) is 4.12. The number of nitrogens with one attached hydrogen (secondary N) is 1. The summed E-state index contributed by atoms with van der Waals surface area (Å²) in [4.78, 5) is 3.27. The van der Waals surface area contributed by atoms with Gasteiger partial charge in [0.1, 0.15) is 0 Å². The van der Waals surface area contributed by atoms with Crippen LogP contribution in [0.4, 0.5) is 0 Å². The molecule has 0 radical (unpaired) electrons. The number of aromatic amines is 1. The molecule has 0 spiro atoms. The molecule has 0 unspecified atom stereocenters. The Bertz CT molecular complexity index is 561. The molecule has 1 aromatic carbocycles. The summed E-state index contributed by atoms with van der Waals surface area (Å²) in [5.74, 6) is 0. The third-order valence-electron chi connectivity index (χ3n) is 3.72. The average molecular weight is 243 g/mol. The number of rotatable bonds is 4. The summed E-state index contributed by atoms with van der Waals surface area (Å²) in [5.41, 5.74) is 2.73. The molecule has 0 atom stereocenters. The number of fused-ring (bicyclic) bond motifs is 1. The number of hydrogen-bond donors (Lipinski definition) is 2. The van der Waals surface area contributed by atoms with E-state index in [0.717, 1.165) is 29.5 Å². The Balaban J connectivity index is 2.48. The molecule has 1 aromatic heterocycles. The number of para-hydroxylation sites is 1.